The number of thiol groups is 1. The van der Waals surface area contributed by atoms with E-state index in [1.807, 2.05) is 0 Å². The van der Waals surface area contributed by atoms with Crippen molar-refractivity contribution >= 4 is 37.4 Å². The van der Waals surface area contributed by atoms with Crippen LogP contribution in [0, 0.1) is 6.92 Å². The fourth-order valence-electron chi connectivity index (χ4n) is 2.59. The Morgan fingerprint density at radius 2 is 2.08 bits per heavy atom. The SMILES string of the molecule is Cc1nc(N)c2ncn(C3OC(C(S)OP(=O)(O)O)C(O)C3O)c2n1. The lowest BCUT2D eigenvalue weighted by Gasteiger charge is -2.21. The van der Waals surface area contributed by atoms with Gasteiger partial charge in [-0.3, -0.25) is 9.09 Å². The molecule has 0 saturated carbocycles. The molecule has 1 aliphatic rings. The van der Waals surface area contributed by atoms with Crippen molar-refractivity contribution < 1.29 is 33.8 Å². The number of aliphatic hydroxyl groups is 2. The van der Waals surface area contributed by atoms with E-state index in [1.165, 1.54) is 10.9 Å². The van der Waals surface area contributed by atoms with E-state index in [9.17, 15) is 14.8 Å². The lowest BCUT2D eigenvalue weighted by Crippen LogP contribution is -2.37. The molecule has 3 heterocycles. The number of hydrogen-bond acceptors (Lipinski definition) is 10. The van der Waals surface area contributed by atoms with E-state index < -0.39 is 37.8 Å². The lowest BCUT2D eigenvalue weighted by atomic mass is 10.1. The molecule has 12 nitrogen and oxygen atoms in total. The number of nitrogens with zero attached hydrogens (tertiary/aromatic N) is 4. The molecular formula is C11H16N5O7PS. The predicted molar refractivity (Wildman–Crippen MR) is 86.3 cm³/mol. The van der Waals surface area contributed by atoms with Crippen molar-refractivity contribution in [3.05, 3.63) is 12.2 Å². The molecule has 6 N–H and O–H groups in total. The molecule has 14 heteroatoms. The van der Waals surface area contributed by atoms with Gasteiger partial charge in [0.15, 0.2) is 17.7 Å². The van der Waals surface area contributed by atoms with Crippen LogP contribution in [0.4, 0.5) is 5.82 Å². The molecule has 5 unspecified atom stereocenters. The summed E-state index contributed by atoms with van der Waals surface area (Å²) < 4.78 is 22.2. The molecule has 2 aromatic heterocycles. The van der Waals surface area contributed by atoms with Crippen LogP contribution in [0.3, 0.4) is 0 Å². The minimum Gasteiger partial charge on any atom is -0.387 e. The monoisotopic (exact) mass is 393 g/mol. The summed E-state index contributed by atoms with van der Waals surface area (Å²) in [5.41, 5.74) is 4.85. The number of hydrogen-bond donors (Lipinski definition) is 6. The van der Waals surface area contributed by atoms with Crippen LogP contribution >= 0.6 is 20.5 Å². The van der Waals surface area contributed by atoms with Gasteiger partial charge in [-0.1, -0.05) is 0 Å². The zero-order valence-electron chi connectivity index (χ0n) is 12.7. The number of phosphoric acid groups is 1. The molecule has 1 saturated heterocycles. The Labute approximate surface area is 146 Å². The highest BCUT2D eigenvalue weighted by Crippen LogP contribution is 2.43. The summed E-state index contributed by atoms with van der Waals surface area (Å²) in [5.74, 6) is 0.510. The first-order valence-corrected chi connectivity index (χ1v) is 9.03. The van der Waals surface area contributed by atoms with Crippen molar-refractivity contribution in [2.75, 3.05) is 5.73 Å². The first kappa shape index (κ1) is 18.5. The van der Waals surface area contributed by atoms with E-state index in [1.54, 1.807) is 6.92 Å². The first-order chi connectivity index (χ1) is 11.6. The zero-order chi connectivity index (χ0) is 18.5. The Bertz CT molecular complexity index is 844. The van der Waals surface area contributed by atoms with Crippen LogP contribution < -0.4 is 5.73 Å². The third kappa shape index (κ3) is 3.50. The average molecular weight is 393 g/mol. The molecule has 1 aliphatic heterocycles. The topological polar surface area (TPSA) is 186 Å². The van der Waals surface area contributed by atoms with Gasteiger partial charge in [0.2, 0.25) is 0 Å². The standard InChI is InChI=1S/C11H16N5O7PS/c1-3-14-8(12)4-9(15-3)16(2-13-4)10-6(18)5(17)7(22-10)11(25)23-24(19,20)21/h2,5-7,10-11,17-18,25H,1H3,(H2,12,14,15)(H2,19,20,21). The van der Waals surface area contributed by atoms with Gasteiger partial charge in [-0.15, -0.1) is 12.6 Å². The zero-order valence-corrected chi connectivity index (χ0v) is 14.5. The summed E-state index contributed by atoms with van der Waals surface area (Å²) in [5, 5.41) is 20.4. The first-order valence-electron chi connectivity index (χ1n) is 6.99. The van der Waals surface area contributed by atoms with Gasteiger partial charge in [0.25, 0.3) is 0 Å². The van der Waals surface area contributed by atoms with Crippen LogP contribution in [0.2, 0.25) is 0 Å². The lowest BCUT2D eigenvalue weighted by molar-refractivity contribution is -0.0579. The summed E-state index contributed by atoms with van der Waals surface area (Å²) in [6.07, 6.45) is -4.12. The third-order valence-corrected chi connectivity index (χ3v) is 4.70. The van der Waals surface area contributed by atoms with E-state index >= 15 is 0 Å². The third-order valence-electron chi connectivity index (χ3n) is 3.64. The number of phosphoric ester groups is 1. The number of fused-ring (bicyclic) bond motifs is 1. The maximum atomic E-state index is 10.9. The molecule has 138 valence electrons. The van der Waals surface area contributed by atoms with Crippen molar-refractivity contribution in [3.63, 3.8) is 0 Å². The molecule has 0 aliphatic carbocycles. The molecule has 0 bridgehead atoms. The predicted octanol–water partition coefficient (Wildman–Crippen LogP) is -1.30. The Morgan fingerprint density at radius 3 is 2.72 bits per heavy atom. The van der Waals surface area contributed by atoms with Crippen LogP contribution in [-0.2, 0) is 13.8 Å². The summed E-state index contributed by atoms with van der Waals surface area (Å²) in [6.45, 7) is 1.62. The van der Waals surface area contributed by atoms with Crippen molar-refractivity contribution in [2.45, 2.75) is 36.9 Å². The maximum Gasteiger partial charge on any atom is 0.470 e. The highest BCUT2D eigenvalue weighted by molar-refractivity contribution is 7.81. The van der Waals surface area contributed by atoms with E-state index in [-0.39, 0.29) is 17.0 Å². The molecule has 0 amide bonds. The van der Waals surface area contributed by atoms with Crippen molar-refractivity contribution in [2.24, 2.45) is 0 Å². The molecule has 3 rings (SSSR count). The van der Waals surface area contributed by atoms with E-state index in [4.69, 9.17) is 20.3 Å². The van der Waals surface area contributed by atoms with Gasteiger partial charge in [-0.05, 0) is 6.92 Å². The molecule has 0 aromatic carbocycles. The Kier molecular flexibility index (Phi) is 4.77. The number of aromatic nitrogens is 4. The van der Waals surface area contributed by atoms with E-state index in [2.05, 4.69) is 32.1 Å². The molecule has 25 heavy (non-hydrogen) atoms. The second kappa shape index (κ2) is 6.45. The van der Waals surface area contributed by atoms with Crippen LogP contribution in [0.15, 0.2) is 6.33 Å². The summed E-state index contributed by atoms with van der Waals surface area (Å²) >= 11 is 3.88. The van der Waals surface area contributed by atoms with Gasteiger partial charge in [0, 0.05) is 0 Å². The fourth-order valence-corrected chi connectivity index (χ4v) is 3.61. The number of rotatable bonds is 4. The van der Waals surface area contributed by atoms with Crippen LogP contribution in [0.25, 0.3) is 11.2 Å². The van der Waals surface area contributed by atoms with Gasteiger partial charge in [0.1, 0.15) is 35.1 Å². The van der Waals surface area contributed by atoms with Gasteiger partial charge < -0.3 is 30.5 Å². The molecule has 0 radical (unpaired) electrons. The Hall–Kier alpha value is -1.31. The number of ether oxygens (including phenoxy) is 1. The smallest absolute Gasteiger partial charge is 0.387 e. The van der Waals surface area contributed by atoms with Gasteiger partial charge in [-0.25, -0.2) is 19.5 Å². The van der Waals surface area contributed by atoms with Crippen molar-refractivity contribution in [3.8, 4) is 0 Å². The van der Waals surface area contributed by atoms with Gasteiger partial charge in [0.05, 0.1) is 6.33 Å². The number of nitrogen functional groups attached to an aromatic ring is 1. The number of imidazole rings is 1. The number of aryl methyl sites for hydroxylation is 1. The van der Waals surface area contributed by atoms with Gasteiger partial charge >= 0.3 is 7.82 Å². The highest BCUT2D eigenvalue weighted by Gasteiger charge is 2.48. The summed E-state index contributed by atoms with van der Waals surface area (Å²) in [4.78, 5) is 29.9. The summed E-state index contributed by atoms with van der Waals surface area (Å²) in [6, 6.07) is 0. The molecule has 2 aromatic rings. The molecule has 1 fully saturated rings. The molecular weight excluding hydrogens is 377 g/mol. The summed E-state index contributed by atoms with van der Waals surface area (Å²) in [7, 11) is -4.86. The fraction of sp³-hybridized carbons (Fsp3) is 0.545. The van der Waals surface area contributed by atoms with E-state index in [0.29, 0.717) is 5.82 Å². The maximum absolute atomic E-state index is 10.9. The van der Waals surface area contributed by atoms with Crippen molar-refractivity contribution in [1.82, 2.24) is 19.5 Å². The highest BCUT2D eigenvalue weighted by atomic mass is 32.1. The average Bonchev–Trinajstić information content (AvgIpc) is 3.00. The number of aliphatic hydroxyl groups excluding tert-OH is 2. The van der Waals surface area contributed by atoms with Gasteiger partial charge in [-0.2, -0.15) is 0 Å². The second-order valence-electron chi connectivity index (χ2n) is 5.44. The minimum atomic E-state index is -4.86. The number of anilines is 1. The second-order valence-corrected chi connectivity index (χ2v) is 7.14. The molecule has 5 atom stereocenters. The van der Waals surface area contributed by atoms with Crippen LogP contribution in [-0.4, -0.2) is 63.3 Å². The normalized spacial score (nSPS) is 28.6. The minimum absolute atomic E-state index is 0.141. The quantitative estimate of drug-likeness (QED) is 0.206. The Morgan fingerprint density at radius 1 is 1.40 bits per heavy atom. The van der Waals surface area contributed by atoms with Crippen molar-refractivity contribution in [1.29, 1.82) is 0 Å². The van der Waals surface area contributed by atoms with Crippen LogP contribution in [0.1, 0.15) is 12.1 Å². The number of nitrogens with two attached hydrogens (primary N) is 1. The largest absolute Gasteiger partial charge is 0.470 e. The van der Waals surface area contributed by atoms with E-state index in [0.717, 1.165) is 0 Å². The Balaban J connectivity index is 1.93. The van der Waals surface area contributed by atoms with Crippen LogP contribution in [0.5, 0.6) is 0 Å². The molecule has 0 spiro atoms.